The van der Waals surface area contributed by atoms with Gasteiger partial charge in [-0.3, -0.25) is 0 Å². The fraction of sp³-hybridized carbons (Fsp3) is 0.267. The van der Waals surface area contributed by atoms with Gasteiger partial charge in [-0.1, -0.05) is 0 Å². The molecule has 5 nitrogen and oxygen atoms in total. The van der Waals surface area contributed by atoms with Gasteiger partial charge in [-0.2, -0.15) is 5.26 Å². The van der Waals surface area contributed by atoms with Crippen molar-refractivity contribution < 1.29 is 4.74 Å². The summed E-state index contributed by atoms with van der Waals surface area (Å²) >= 11 is 0. The van der Waals surface area contributed by atoms with E-state index in [1.165, 1.54) is 0 Å². The number of benzene rings is 1. The summed E-state index contributed by atoms with van der Waals surface area (Å²) < 4.78 is 5.42. The van der Waals surface area contributed by atoms with Crippen LogP contribution in [0.3, 0.4) is 0 Å². The van der Waals surface area contributed by atoms with Gasteiger partial charge < -0.3 is 10.1 Å². The molecule has 20 heavy (non-hydrogen) atoms. The lowest BCUT2D eigenvalue weighted by Crippen LogP contribution is -2.03. The van der Waals surface area contributed by atoms with E-state index in [1.807, 2.05) is 12.1 Å². The second kappa shape index (κ2) is 5.27. The number of ether oxygens (including phenoxy) is 1. The summed E-state index contributed by atoms with van der Waals surface area (Å²) in [6, 6.07) is 9.40. The Labute approximate surface area is 117 Å². The third kappa shape index (κ3) is 2.22. The van der Waals surface area contributed by atoms with Gasteiger partial charge in [0.1, 0.15) is 12.1 Å². The summed E-state index contributed by atoms with van der Waals surface area (Å²) in [5, 5.41) is 12.1. The van der Waals surface area contributed by atoms with E-state index in [9.17, 15) is 0 Å². The molecule has 3 rings (SSSR count). The molecule has 1 aliphatic carbocycles. The molecule has 0 saturated heterocycles. The molecule has 1 heterocycles. The molecule has 100 valence electrons. The number of anilines is 2. The Morgan fingerprint density at radius 3 is 2.80 bits per heavy atom. The first kappa shape index (κ1) is 12.6. The van der Waals surface area contributed by atoms with E-state index in [-0.39, 0.29) is 6.10 Å². The maximum Gasteiger partial charge on any atom is 0.137 e. The zero-order chi connectivity index (χ0) is 13.9. The van der Waals surface area contributed by atoms with Crippen molar-refractivity contribution in [1.82, 2.24) is 9.97 Å². The summed E-state index contributed by atoms with van der Waals surface area (Å²) in [5.74, 6) is 0.819. The van der Waals surface area contributed by atoms with Crippen LogP contribution in [-0.2, 0) is 11.2 Å². The first-order chi connectivity index (χ1) is 9.81. The molecule has 1 aromatic carbocycles. The summed E-state index contributed by atoms with van der Waals surface area (Å²) in [6.45, 7) is 0. The third-order valence-corrected chi connectivity index (χ3v) is 3.50. The number of hydrogen-bond donors (Lipinski definition) is 1. The molecule has 0 bridgehead atoms. The van der Waals surface area contributed by atoms with Crippen LogP contribution in [-0.4, -0.2) is 17.1 Å². The maximum absolute atomic E-state index is 8.80. The van der Waals surface area contributed by atoms with Gasteiger partial charge in [0.05, 0.1) is 23.4 Å². The molecular formula is C15H14N4O. The molecule has 0 amide bonds. The number of rotatable bonds is 3. The summed E-state index contributed by atoms with van der Waals surface area (Å²) in [4.78, 5) is 8.64. The Morgan fingerprint density at radius 1 is 1.30 bits per heavy atom. The van der Waals surface area contributed by atoms with Gasteiger partial charge >= 0.3 is 0 Å². The average Bonchev–Trinajstić information content (AvgIpc) is 2.92. The fourth-order valence-electron chi connectivity index (χ4n) is 2.46. The molecule has 0 radical (unpaired) electrons. The smallest absolute Gasteiger partial charge is 0.137 e. The molecular weight excluding hydrogens is 252 g/mol. The van der Waals surface area contributed by atoms with Crippen LogP contribution in [0, 0.1) is 11.3 Å². The molecule has 2 aromatic rings. The molecule has 1 aromatic heterocycles. The monoisotopic (exact) mass is 266 g/mol. The number of nitriles is 1. The van der Waals surface area contributed by atoms with Crippen LogP contribution in [0.2, 0.25) is 0 Å². The van der Waals surface area contributed by atoms with Gasteiger partial charge in [-0.05, 0) is 37.1 Å². The Kier molecular flexibility index (Phi) is 3.32. The molecule has 0 aliphatic heterocycles. The number of nitrogens with one attached hydrogen (secondary N) is 1. The van der Waals surface area contributed by atoms with Crippen LogP contribution in [0.15, 0.2) is 30.6 Å². The van der Waals surface area contributed by atoms with E-state index in [0.717, 1.165) is 35.6 Å². The lowest BCUT2D eigenvalue weighted by Gasteiger charge is -2.11. The van der Waals surface area contributed by atoms with Crippen LogP contribution >= 0.6 is 0 Å². The predicted molar refractivity (Wildman–Crippen MR) is 74.5 cm³/mol. The SMILES string of the molecule is COC1CCc2c(Nc3ccc(C#N)cc3)ncnc21. The first-order valence-electron chi connectivity index (χ1n) is 6.45. The van der Waals surface area contributed by atoms with Gasteiger partial charge in [-0.15, -0.1) is 0 Å². The molecule has 1 aliphatic rings. The van der Waals surface area contributed by atoms with Gasteiger partial charge in [0.25, 0.3) is 0 Å². The summed E-state index contributed by atoms with van der Waals surface area (Å²) in [6.07, 6.45) is 3.47. The van der Waals surface area contributed by atoms with E-state index in [1.54, 1.807) is 25.6 Å². The minimum absolute atomic E-state index is 0.0644. The highest BCUT2D eigenvalue weighted by Crippen LogP contribution is 2.35. The third-order valence-electron chi connectivity index (χ3n) is 3.50. The van der Waals surface area contributed by atoms with Crippen LogP contribution in [0.1, 0.15) is 29.3 Å². The molecule has 1 N–H and O–H groups in total. The maximum atomic E-state index is 8.80. The Hall–Kier alpha value is -2.45. The average molecular weight is 266 g/mol. The van der Waals surface area contributed by atoms with E-state index in [4.69, 9.17) is 10.00 Å². The normalized spacial score (nSPS) is 16.5. The highest BCUT2D eigenvalue weighted by atomic mass is 16.5. The number of nitrogens with zero attached hydrogens (tertiary/aromatic N) is 3. The second-order valence-corrected chi connectivity index (χ2v) is 4.66. The zero-order valence-corrected chi connectivity index (χ0v) is 11.1. The van der Waals surface area contributed by atoms with Crippen molar-refractivity contribution in [3.8, 4) is 6.07 Å². The lowest BCUT2D eigenvalue weighted by atomic mass is 10.2. The zero-order valence-electron chi connectivity index (χ0n) is 11.1. The molecule has 5 heteroatoms. The highest BCUT2D eigenvalue weighted by molar-refractivity contribution is 5.61. The lowest BCUT2D eigenvalue weighted by molar-refractivity contribution is 0.102. The molecule has 1 atom stereocenters. The van der Waals surface area contributed by atoms with Crippen LogP contribution in [0.4, 0.5) is 11.5 Å². The van der Waals surface area contributed by atoms with Crippen molar-refractivity contribution in [1.29, 1.82) is 5.26 Å². The van der Waals surface area contributed by atoms with E-state index in [2.05, 4.69) is 21.4 Å². The van der Waals surface area contributed by atoms with Crippen LogP contribution in [0.5, 0.6) is 0 Å². The highest BCUT2D eigenvalue weighted by Gasteiger charge is 2.26. The predicted octanol–water partition coefficient (Wildman–Crippen LogP) is 2.73. The van der Waals surface area contributed by atoms with Crippen molar-refractivity contribution in [3.63, 3.8) is 0 Å². The molecule has 1 unspecified atom stereocenters. The minimum atomic E-state index is 0.0644. The number of methoxy groups -OCH3 is 1. The Balaban J connectivity index is 1.88. The fourth-order valence-corrected chi connectivity index (χ4v) is 2.46. The summed E-state index contributed by atoms with van der Waals surface area (Å²) in [5.41, 5.74) is 3.64. The Bertz CT molecular complexity index is 661. The van der Waals surface area contributed by atoms with Crippen LogP contribution < -0.4 is 5.32 Å². The number of aromatic nitrogens is 2. The van der Waals surface area contributed by atoms with Crippen molar-refractivity contribution >= 4 is 11.5 Å². The van der Waals surface area contributed by atoms with E-state index >= 15 is 0 Å². The van der Waals surface area contributed by atoms with Crippen LogP contribution in [0.25, 0.3) is 0 Å². The van der Waals surface area contributed by atoms with Crippen molar-refractivity contribution in [2.75, 3.05) is 12.4 Å². The van der Waals surface area contributed by atoms with Gasteiger partial charge in [-0.25, -0.2) is 9.97 Å². The van der Waals surface area contributed by atoms with Crippen molar-refractivity contribution in [2.24, 2.45) is 0 Å². The molecule has 0 saturated carbocycles. The molecule has 0 spiro atoms. The van der Waals surface area contributed by atoms with Gasteiger partial charge in [0.2, 0.25) is 0 Å². The van der Waals surface area contributed by atoms with E-state index in [0.29, 0.717) is 5.56 Å². The van der Waals surface area contributed by atoms with Gasteiger partial charge in [0.15, 0.2) is 0 Å². The minimum Gasteiger partial charge on any atom is -0.375 e. The summed E-state index contributed by atoms with van der Waals surface area (Å²) in [7, 11) is 1.70. The Morgan fingerprint density at radius 2 is 2.10 bits per heavy atom. The second-order valence-electron chi connectivity index (χ2n) is 4.66. The standard InChI is InChI=1S/C15H14N4O/c1-20-13-7-6-12-14(13)17-9-18-15(12)19-11-4-2-10(8-16)3-5-11/h2-5,9,13H,6-7H2,1H3,(H,17,18,19). The number of fused-ring (bicyclic) bond motifs is 1. The number of hydrogen-bond acceptors (Lipinski definition) is 5. The van der Waals surface area contributed by atoms with Crippen molar-refractivity contribution in [3.05, 3.63) is 47.4 Å². The van der Waals surface area contributed by atoms with Crippen molar-refractivity contribution in [2.45, 2.75) is 18.9 Å². The largest absolute Gasteiger partial charge is 0.375 e. The topological polar surface area (TPSA) is 70.8 Å². The first-order valence-corrected chi connectivity index (χ1v) is 6.45. The van der Waals surface area contributed by atoms with E-state index < -0.39 is 0 Å². The molecule has 0 fully saturated rings. The van der Waals surface area contributed by atoms with Gasteiger partial charge in [0, 0.05) is 18.4 Å². The quantitative estimate of drug-likeness (QED) is 0.924.